The first-order valence-electron chi connectivity index (χ1n) is 5.87. The summed E-state index contributed by atoms with van der Waals surface area (Å²) in [6.45, 7) is 3.75. The fraction of sp³-hybridized carbons (Fsp3) is 0.214. The fourth-order valence-corrected chi connectivity index (χ4v) is 1.89. The van der Waals surface area contributed by atoms with Gasteiger partial charge in [0.25, 0.3) is 0 Å². The van der Waals surface area contributed by atoms with Gasteiger partial charge in [-0.05, 0) is 40.7 Å². The highest BCUT2D eigenvalue weighted by Gasteiger charge is 2.02. The molecule has 0 aliphatic carbocycles. The highest BCUT2D eigenvalue weighted by molar-refractivity contribution is 9.10. The van der Waals surface area contributed by atoms with Gasteiger partial charge in [0.2, 0.25) is 0 Å². The van der Waals surface area contributed by atoms with Gasteiger partial charge < -0.3 is 10.1 Å². The number of para-hydroxylation sites is 1. The number of rotatable bonds is 5. The number of benzene rings is 1. The molecule has 0 saturated carbocycles. The zero-order valence-corrected chi connectivity index (χ0v) is 11.8. The molecule has 0 unspecified atom stereocenters. The third kappa shape index (κ3) is 3.55. The average Bonchev–Trinajstić information content (AvgIpc) is 2.40. The molecule has 1 N–H and O–H groups in total. The Morgan fingerprint density at radius 2 is 2.11 bits per heavy atom. The summed E-state index contributed by atoms with van der Waals surface area (Å²) >= 11 is 3.46. The summed E-state index contributed by atoms with van der Waals surface area (Å²) in [6, 6.07) is 11.6. The highest BCUT2D eigenvalue weighted by Crippen LogP contribution is 2.29. The van der Waals surface area contributed by atoms with Crippen molar-refractivity contribution in [1.29, 1.82) is 0 Å². The van der Waals surface area contributed by atoms with Crippen molar-refractivity contribution in [2.24, 2.45) is 0 Å². The predicted molar refractivity (Wildman–Crippen MR) is 75.8 cm³/mol. The Bertz CT molecular complexity index is 517. The Morgan fingerprint density at radius 1 is 1.28 bits per heavy atom. The molecule has 0 aliphatic rings. The van der Waals surface area contributed by atoms with Gasteiger partial charge in [0.15, 0.2) is 0 Å². The standard InChI is InChI=1S/C14H15BrN2O/c1-2-16-10-11-9-12(7-8-17-11)18-14-6-4-3-5-13(14)15/h3-9,16H,2,10H2,1H3. The van der Waals surface area contributed by atoms with Crippen LogP contribution in [0.15, 0.2) is 47.1 Å². The molecule has 94 valence electrons. The maximum atomic E-state index is 5.82. The van der Waals surface area contributed by atoms with Crippen LogP contribution < -0.4 is 10.1 Å². The van der Waals surface area contributed by atoms with Gasteiger partial charge in [0, 0.05) is 18.8 Å². The number of ether oxygens (including phenoxy) is 1. The number of hydrogen-bond acceptors (Lipinski definition) is 3. The van der Waals surface area contributed by atoms with Crippen LogP contribution in [-0.2, 0) is 6.54 Å². The van der Waals surface area contributed by atoms with Crippen molar-refractivity contribution < 1.29 is 4.74 Å². The quantitative estimate of drug-likeness (QED) is 0.913. The van der Waals surface area contributed by atoms with E-state index in [1.54, 1.807) is 6.20 Å². The molecule has 2 rings (SSSR count). The summed E-state index contributed by atoms with van der Waals surface area (Å²) in [4.78, 5) is 4.29. The molecule has 3 nitrogen and oxygen atoms in total. The van der Waals surface area contributed by atoms with Crippen LogP contribution in [0.4, 0.5) is 0 Å². The minimum Gasteiger partial charge on any atom is -0.456 e. The minimum absolute atomic E-state index is 0.754. The Morgan fingerprint density at radius 3 is 2.89 bits per heavy atom. The molecule has 2 aromatic rings. The fourth-order valence-electron chi connectivity index (χ4n) is 1.52. The number of aromatic nitrogens is 1. The predicted octanol–water partition coefficient (Wildman–Crippen LogP) is 3.75. The summed E-state index contributed by atoms with van der Waals surface area (Å²) in [5, 5.41) is 3.24. The van der Waals surface area contributed by atoms with Crippen molar-refractivity contribution in [3.63, 3.8) is 0 Å². The second-order valence-electron chi connectivity index (χ2n) is 3.80. The number of pyridine rings is 1. The van der Waals surface area contributed by atoms with E-state index in [2.05, 4.69) is 33.2 Å². The topological polar surface area (TPSA) is 34.1 Å². The van der Waals surface area contributed by atoms with Gasteiger partial charge in [0.1, 0.15) is 11.5 Å². The van der Waals surface area contributed by atoms with E-state index in [4.69, 9.17) is 4.74 Å². The van der Waals surface area contributed by atoms with Crippen LogP contribution in [0.5, 0.6) is 11.5 Å². The molecule has 0 bridgehead atoms. The van der Waals surface area contributed by atoms with Crippen molar-refractivity contribution >= 4 is 15.9 Å². The van der Waals surface area contributed by atoms with Gasteiger partial charge in [0.05, 0.1) is 10.2 Å². The van der Waals surface area contributed by atoms with Crippen molar-refractivity contribution in [3.05, 3.63) is 52.8 Å². The van der Waals surface area contributed by atoms with E-state index in [-0.39, 0.29) is 0 Å². The zero-order chi connectivity index (χ0) is 12.8. The molecule has 4 heteroatoms. The summed E-state index contributed by atoms with van der Waals surface area (Å²) in [5.41, 5.74) is 0.974. The molecule has 1 heterocycles. The summed E-state index contributed by atoms with van der Waals surface area (Å²) in [7, 11) is 0. The SMILES string of the molecule is CCNCc1cc(Oc2ccccc2Br)ccn1. The second kappa shape index (κ2) is 6.52. The number of nitrogens with zero attached hydrogens (tertiary/aromatic N) is 1. The monoisotopic (exact) mass is 306 g/mol. The van der Waals surface area contributed by atoms with Crippen LogP contribution in [0.1, 0.15) is 12.6 Å². The van der Waals surface area contributed by atoms with E-state index in [1.165, 1.54) is 0 Å². The first kappa shape index (κ1) is 13.1. The lowest BCUT2D eigenvalue weighted by atomic mass is 10.3. The van der Waals surface area contributed by atoms with Crippen LogP contribution in [0.3, 0.4) is 0 Å². The minimum atomic E-state index is 0.754. The lowest BCUT2D eigenvalue weighted by Gasteiger charge is -2.08. The smallest absolute Gasteiger partial charge is 0.141 e. The Balaban J connectivity index is 2.12. The second-order valence-corrected chi connectivity index (χ2v) is 4.65. The molecule has 0 aliphatic heterocycles. The summed E-state index contributed by atoms with van der Waals surface area (Å²) < 4.78 is 6.75. The molecule has 1 aromatic heterocycles. The van der Waals surface area contributed by atoms with Crippen molar-refractivity contribution in [2.45, 2.75) is 13.5 Å². The van der Waals surface area contributed by atoms with Gasteiger partial charge >= 0.3 is 0 Å². The molecule has 18 heavy (non-hydrogen) atoms. The Hall–Kier alpha value is -1.39. The van der Waals surface area contributed by atoms with E-state index in [0.717, 1.165) is 34.8 Å². The van der Waals surface area contributed by atoms with E-state index in [0.29, 0.717) is 0 Å². The third-order valence-corrected chi connectivity index (χ3v) is 3.06. The van der Waals surface area contributed by atoms with Gasteiger partial charge in [-0.3, -0.25) is 4.98 Å². The molecule has 0 atom stereocenters. The largest absolute Gasteiger partial charge is 0.456 e. The van der Waals surface area contributed by atoms with Crippen molar-refractivity contribution in [2.75, 3.05) is 6.54 Å². The number of nitrogens with one attached hydrogen (secondary N) is 1. The van der Waals surface area contributed by atoms with Crippen LogP contribution in [-0.4, -0.2) is 11.5 Å². The maximum Gasteiger partial charge on any atom is 0.141 e. The number of halogens is 1. The lowest BCUT2D eigenvalue weighted by molar-refractivity contribution is 0.477. The highest BCUT2D eigenvalue weighted by atomic mass is 79.9. The summed E-state index contributed by atoms with van der Waals surface area (Å²) in [5.74, 6) is 1.60. The average molecular weight is 307 g/mol. The lowest BCUT2D eigenvalue weighted by Crippen LogP contribution is -2.12. The van der Waals surface area contributed by atoms with Crippen molar-refractivity contribution in [1.82, 2.24) is 10.3 Å². The van der Waals surface area contributed by atoms with E-state index < -0.39 is 0 Å². The number of hydrogen-bond donors (Lipinski definition) is 1. The van der Waals surface area contributed by atoms with E-state index in [9.17, 15) is 0 Å². The molecule has 0 saturated heterocycles. The van der Waals surface area contributed by atoms with Crippen LogP contribution in [0, 0.1) is 0 Å². The molecule has 1 aromatic carbocycles. The molecular formula is C14H15BrN2O. The van der Waals surface area contributed by atoms with E-state index in [1.807, 2.05) is 36.4 Å². The van der Waals surface area contributed by atoms with Gasteiger partial charge in [-0.2, -0.15) is 0 Å². The van der Waals surface area contributed by atoms with Gasteiger partial charge in [-0.1, -0.05) is 19.1 Å². The van der Waals surface area contributed by atoms with Crippen LogP contribution in [0.25, 0.3) is 0 Å². The molecular weight excluding hydrogens is 292 g/mol. The first-order chi connectivity index (χ1) is 8.79. The first-order valence-corrected chi connectivity index (χ1v) is 6.67. The molecule has 0 spiro atoms. The zero-order valence-electron chi connectivity index (χ0n) is 10.2. The van der Waals surface area contributed by atoms with Gasteiger partial charge in [-0.15, -0.1) is 0 Å². The van der Waals surface area contributed by atoms with Crippen LogP contribution in [0.2, 0.25) is 0 Å². The molecule has 0 amide bonds. The van der Waals surface area contributed by atoms with Crippen LogP contribution >= 0.6 is 15.9 Å². The summed E-state index contributed by atoms with van der Waals surface area (Å²) in [6.07, 6.45) is 1.76. The van der Waals surface area contributed by atoms with E-state index >= 15 is 0 Å². The third-order valence-electron chi connectivity index (χ3n) is 2.41. The Labute approximate surface area is 115 Å². The maximum absolute atomic E-state index is 5.82. The Kier molecular flexibility index (Phi) is 4.73. The normalized spacial score (nSPS) is 10.3. The van der Waals surface area contributed by atoms with Gasteiger partial charge in [-0.25, -0.2) is 0 Å². The van der Waals surface area contributed by atoms with Crippen molar-refractivity contribution in [3.8, 4) is 11.5 Å². The molecule has 0 radical (unpaired) electrons. The molecule has 0 fully saturated rings.